The van der Waals surface area contributed by atoms with Crippen LogP contribution in [0.4, 0.5) is 11.4 Å². The second-order valence-electron chi connectivity index (χ2n) is 5.64. The van der Waals surface area contributed by atoms with Gasteiger partial charge in [0, 0.05) is 6.07 Å². The second kappa shape index (κ2) is 8.11. The summed E-state index contributed by atoms with van der Waals surface area (Å²) in [4.78, 5) is 34.2. The van der Waals surface area contributed by atoms with E-state index in [4.69, 9.17) is 9.47 Å². The van der Waals surface area contributed by atoms with Crippen LogP contribution >= 0.6 is 0 Å². The highest BCUT2D eigenvalue weighted by atomic mass is 16.6. The Morgan fingerprint density at radius 3 is 2.35 bits per heavy atom. The van der Waals surface area contributed by atoms with Crippen molar-refractivity contribution < 1.29 is 24.0 Å². The molecule has 8 heteroatoms. The molecule has 0 aliphatic rings. The first kappa shape index (κ1) is 18.9. The highest BCUT2D eigenvalue weighted by Crippen LogP contribution is 2.28. The zero-order chi connectivity index (χ0) is 19.3. The number of anilines is 1. The standard InChI is InChI=1S/C18H18N2O6/c1-11-6-12(2)8-13(7-11)18(22)26-10-17(21)19-15-5-4-14(20(23)24)9-16(15)25-3/h4-9H,10H2,1-3H3,(H,19,21). The Balaban J connectivity index is 2.00. The molecule has 0 aliphatic carbocycles. The Kier molecular flexibility index (Phi) is 5.90. The minimum Gasteiger partial charge on any atom is -0.494 e. The maximum Gasteiger partial charge on any atom is 0.338 e. The van der Waals surface area contributed by atoms with Gasteiger partial charge in [-0.2, -0.15) is 0 Å². The van der Waals surface area contributed by atoms with Gasteiger partial charge in [-0.1, -0.05) is 17.2 Å². The molecule has 0 fully saturated rings. The average Bonchev–Trinajstić information content (AvgIpc) is 2.58. The van der Waals surface area contributed by atoms with E-state index in [2.05, 4.69) is 5.32 Å². The fourth-order valence-electron chi connectivity index (χ4n) is 2.39. The summed E-state index contributed by atoms with van der Waals surface area (Å²) < 4.78 is 10.0. The van der Waals surface area contributed by atoms with Gasteiger partial charge in [-0.3, -0.25) is 14.9 Å². The third-order valence-electron chi connectivity index (χ3n) is 3.46. The van der Waals surface area contributed by atoms with Crippen LogP contribution in [0.5, 0.6) is 5.75 Å². The van der Waals surface area contributed by atoms with Crippen LogP contribution in [0, 0.1) is 24.0 Å². The summed E-state index contributed by atoms with van der Waals surface area (Å²) in [6.07, 6.45) is 0. The minimum absolute atomic E-state index is 0.133. The molecule has 0 saturated heterocycles. The number of ether oxygens (including phenoxy) is 2. The van der Waals surface area contributed by atoms with Gasteiger partial charge in [-0.05, 0) is 32.0 Å². The number of nitrogens with one attached hydrogen (secondary N) is 1. The number of nitro benzene ring substituents is 1. The van der Waals surface area contributed by atoms with Crippen molar-refractivity contribution in [1.29, 1.82) is 0 Å². The van der Waals surface area contributed by atoms with E-state index in [-0.39, 0.29) is 17.1 Å². The lowest BCUT2D eigenvalue weighted by Gasteiger charge is -2.10. The minimum atomic E-state index is -0.609. The molecule has 0 atom stereocenters. The van der Waals surface area contributed by atoms with E-state index in [9.17, 15) is 19.7 Å². The molecule has 2 aromatic rings. The number of nitrogens with zero attached hydrogens (tertiary/aromatic N) is 1. The fraction of sp³-hybridized carbons (Fsp3) is 0.222. The molecule has 0 spiro atoms. The first-order valence-corrected chi connectivity index (χ1v) is 7.68. The number of non-ortho nitro benzene ring substituents is 1. The van der Waals surface area contributed by atoms with Crippen molar-refractivity contribution in [1.82, 2.24) is 0 Å². The van der Waals surface area contributed by atoms with Crippen LogP contribution in [0.15, 0.2) is 36.4 Å². The van der Waals surface area contributed by atoms with Crippen molar-refractivity contribution in [2.45, 2.75) is 13.8 Å². The van der Waals surface area contributed by atoms with E-state index in [0.29, 0.717) is 5.56 Å². The summed E-state index contributed by atoms with van der Waals surface area (Å²) in [6, 6.07) is 9.04. The topological polar surface area (TPSA) is 108 Å². The summed E-state index contributed by atoms with van der Waals surface area (Å²) in [6.45, 7) is 3.22. The molecule has 8 nitrogen and oxygen atoms in total. The van der Waals surface area contributed by atoms with Crippen molar-refractivity contribution in [3.8, 4) is 5.75 Å². The number of esters is 1. The number of benzene rings is 2. The van der Waals surface area contributed by atoms with Crippen LogP contribution in [0.3, 0.4) is 0 Å². The van der Waals surface area contributed by atoms with E-state index < -0.39 is 23.4 Å². The summed E-state index contributed by atoms with van der Waals surface area (Å²) in [7, 11) is 1.33. The Hall–Kier alpha value is -3.42. The van der Waals surface area contributed by atoms with Crippen LogP contribution in [0.2, 0.25) is 0 Å². The molecule has 0 unspecified atom stereocenters. The van der Waals surface area contributed by atoms with Gasteiger partial charge in [0.1, 0.15) is 5.75 Å². The smallest absolute Gasteiger partial charge is 0.338 e. The number of nitro groups is 1. The van der Waals surface area contributed by atoms with E-state index in [0.717, 1.165) is 11.1 Å². The maximum absolute atomic E-state index is 12.0. The number of hydrogen-bond acceptors (Lipinski definition) is 6. The third kappa shape index (κ3) is 4.79. The molecule has 0 saturated carbocycles. The van der Waals surface area contributed by atoms with Gasteiger partial charge in [0.15, 0.2) is 6.61 Å². The van der Waals surface area contributed by atoms with Crippen molar-refractivity contribution in [3.05, 3.63) is 63.2 Å². The van der Waals surface area contributed by atoms with Crippen molar-refractivity contribution in [3.63, 3.8) is 0 Å². The molecular weight excluding hydrogens is 340 g/mol. The molecule has 2 rings (SSSR count). The lowest BCUT2D eigenvalue weighted by Crippen LogP contribution is -2.21. The molecular formula is C18H18N2O6. The molecule has 26 heavy (non-hydrogen) atoms. The number of rotatable bonds is 6. The highest BCUT2D eigenvalue weighted by molar-refractivity contribution is 5.96. The van der Waals surface area contributed by atoms with E-state index >= 15 is 0 Å². The van der Waals surface area contributed by atoms with Crippen LogP contribution in [-0.4, -0.2) is 30.5 Å². The summed E-state index contributed by atoms with van der Waals surface area (Å²) >= 11 is 0. The SMILES string of the molecule is COc1cc([N+](=O)[O-])ccc1NC(=O)COC(=O)c1cc(C)cc(C)c1. The van der Waals surface area contributed by atoms with E-state index in [1.807, 2.05) is 19.9 Å². The Bertz CT molecular complexity index is 843. The normalized spacial score (nSPS) is 10.1. The quantitative estimate of drug-likeness (QED) is 0.483. The molecule has 2 aromatic carbocycles. The van der Waals surface area contributed by atoms with Gasteiger partial charge in [0.2, 0.25) is 0 Å². The lowest BCUT2D eigenvalue weighted by molar-refractivity contribution is -0.384. The van der Waals surface area contributed by atoms with Crippen LogP contribution in [0.1, 0.15) is 21.5 Å². The third-order valence-corrected chi connectivity index (χ3v) is 3.46. The number of amides is 1. The predicted molar refractivity (Wildman–Crippen MR) is 94.5 cm³/mol. The van der Waals surface area contributed by atoms with Crippen molar-refractivity contribution in [2.75, 3.05) is 19.0 Å². The van der Waals surface area contributed by atoms with E-state index in [1.54, 1.807) is 12.1 Å². The number of carbonyl (C=O) groups excluding carboxylic acids is 2. The first-order valence-electron chi connectivity index (χ1n) is 7.68. The van der Waals surface area contributed by atoms with Gasteiger partial charge in [0.25, 0.3) is 11.6 Å². The zero-order valence-electron chi connectivity index (χ0n) is 14.6. The van der Waals surface area contributed by atoms with Crippen molar-refractivity contribution >= 4 is 23.3 Å². The van der Waals surface area contributed by atoms with Crippen LogP contribution in [-0.2, 0) is 9.53 Å². The summed E-state index contributed by atoms with van der Waals surface area (Å²) in [5.74, 6) is -1.06. The number of aryl methyl sites for hydroxylation is 2. The Morgan fingerprint density at radius 1 is 1.12 bits per heavy atom. The molecule has 0 bridgehead atoms. The Labute approximate surface area is 149 Å². The molecule has 0 heterocycles. The van der Waals surface area contributed by atoms with Crippen molar-refractivity contribution in [2.24, 2.45) is 0 Å². The lowest BCUT2D eigenvalue weighted by atomic mass is 10.1. The summed E-state index contributed by atoms with van der Waals surface area (Å²) in [5, 5.41) is 13.3. The van der Waals surface area contributed by atoms with Gasteiger partial charge in [0.05, 0.1) is 29.4 Å². The molecule has 0 radical (unpaired) electrons. The molecule has 0 aliphatic heterocycles. The van der Waals surface area contributed by atoms with E-state index in [1.165, 1.54) is 25.3 Å². The van der Waals surface area contributed by atoms with Crippen LogP contribution in [0.25, 0.3) is 0 Å². The largest absolute Gasteiger partial charge is 0.494 e. The zero-order valence-corrected chi connectivity index (χ0v) is 14.6. The number of hydrogen-bond donors (Lipinski definition) is 1. The average molecular weight is 358 g/mol. The summed E-state index contributed by atoms with van der Waals surface area (Å²) in [5.41, 5.74) is 2.27. The molecule has 136 valence electrons. The number of carbonyl (C=O) groups is 2. The number of methoxy groups -OCH3 is 1. The Morgan fingerprint density at radius 2 is 1.77 bits per heavy atom. The molecule has 1 amide bonds. The monoisotopic (exact) mass is 358 g/mol. The maximum atomic E-state index is 12.0. The van der Waals surface area contributed by atoms with Gasteiger partial charge in [-0.25, -0.2) is 4.79 Å². The predicted octanol–water partition coefficient (Wildman–Crippen LogP) is 3.02. The first-order chi connectivity index (χ1) is 12.3. The highest BCUT2D eigenvalue weighted by Gasteiger charge is 2.15. The second-order valence-corrected chi connectivity index (χ2v) is 5.64. The van der Waals surface area contributed by atoms with Gasteiger partial charge >= 0.3 is 5.97 Å². The molecule has 1 N–H and O–H groups in total. The molecule has 0 aromatic heterocycles. The van der Waals surface area contributed by atoms with Gasteiger partial charge in [-0.15, -0.1) is 0 Å². The van der Waals surface area contributed by atoms with Gasteiger partial charge < -0.3 is 14.8 Å². The fourth-order valence-corrected chi connectivity index (χ4v) is 2.39. The van der Waals surface area contributed by atoms with Crippen LogP contribution < -0.4 is 10.1 Å².